The van der Waals surface area contributed by atoms with E-state index in [1.807, 2.05) is 0 Å². The van der Waals surface area contributed by atoms with Crippen molar-refractivity contribution in [2.24, 2.45) is 0 Å². The Balaban J connectivity index is 0. The van der Waals surface area contributed by atoms with Gasteiger partial charge in [0.25, 0.3) is 0 Å². The molecule has 0 spiro atoms. The van der Waals surface area contributed by atoms with E-state index in [9.17, 15) is 4.79 Å². The number of aliphatic hydroxyl groups is 4. The quantitative estimate of drug-likeness (QED) is 0.266. The third-order valence-corrected chi connectivity index (χ3v) is 1.07. The molecule has 0 amide bonds. The van der Waals surface area contributed by atoms with Crippen LogP contribution >= 0.6 is 0 Å². The summed E-state index contributed by atoms with van der Waals surface area (Å²) < 4.78 is 0. The number of hydrogen-bond acceptors (Lipinski definition) is 5. The molecular formula is C5H10NaO5. The molecule has 0 aromatic heterocycles. The van der Waals surface area contributed by atoms with E-state index in [1.54, 1.807) is 0 Å². The van der Waals surface area contributed by atoms with Crippen LogP contribution in [0.5, 0.6) is 0 Å². The van der Waals surface area contributed by atoms with E-state index in [4.69, 9.17) is 20.4 Å². The van der Waals surface area contributed by atoms with Gasteiger partial charge in [-0.05, 0) is 0 Å². The van der Waals surface area contributed by atoms with E-state index >= 15 is 0 Å². The summed E-state index contributed by atoms with van der Waals surface area (Å²) in [6, 6.07) is 0. The molecule has 0 unspecified atom stereocenters. The molecule has 0 heterocycles. The molecular weight excluding hydrogens is 163 g/mol. The SMILES string of the molecule is O=C[C@H](O)[C@@H](O)[C@H](O)CO.[Na]. The van der Waals surface area contributed by atoms with E-state index in [-0.39, 0.29) is 35.8 Å². The first-order valence-electron chi connectivity index (χ1n) is 2.73. The maximum Gasteiger partial charge on any atom is 0.151 e. The summed E-state index contributed by atoms with van der Waals surface area (Å²) in [5.41, 5.74) is 0. The molecule has 61 valence electrons. The molecule has 0 saturated heterocycles. The van der Waals surface area contributed by atoms with Crippen LogP contribution in [0.4, 0.5) is 0 Å². The average Bonchev–Trinajstić information content (AvgIpc) is 2.00. The van der Waals surface area contributed by atoms with E-state index in [1.165, 1.54) is 0 Å². The van der Waals surface area contributed by atoms with Crippen LogP contribution in [0.1, 0.15) is 0 Å². The van der Waals surface area contributed by atoms with Crippen LogP contribution in [0.3, 0.4) is 0 Å². The fraction of sp³-hybridized carbons (Fsp3) is 0.800. The smallest absolute Gasteiger partial charge is 0.151 e. The standard InChI is InChI=1S/C5H10O5.Na/c6-1-3(8)5(10)4(9)2-7;/h1,3-5,7-10H,2H2;/t3-,4+,5+;/m0./s1. The third kappa shape index (κ3) is 4.86. The van der Waals surface area contributed by atoms with Gasteiger partial charge in [0.05, 0.1) is 6.61 Å². The largest absolute Gasteiger partial charge is 0.394 e. The van der Waals surface area contributed by atoms with Gasteiger partial charge < -0.3 is 25.2 Å². The van der Waals surface area contributed by atoms with E-state index < -0.39 is 24.9 Å². The van der Waals surface area contributed by atoms with Crippen molar-refractivity contribution in [1.82, 2.24) is 0 Å². The molecule has 0 aromatic rings. The molecule has 0 rings (SSSR count). The Bertz CT molecular complexity index is 109. The first-order chi connectivity index (χ1) is 4.63. The minimum atomic E-state index is -1.64. The van der Waals surface area contributed by atoms with Crippen molar-refractivity contribution in [2.75, 3.05) is 6.61 Å². The van der Waals surface area contributed by atoms with Crippen molar-refractivity contribution in [2.45, 2.75) is 18.3 Å². The zero-order chi connectivity index (χ0) is 8.15. The number of carbonyl (C=O) groups is 1. The van der Waals surface area contributed by atoms with Crippen LogP contribution in [0.15, 0.2) is 0 Å². The first-order valence-corrected chi connectivity index (χ1v) is 2.73. The maximum atomic E-state index is 9.76. The van der Waals surface area contributed by atoms with Gasteiger partial charge in [-0.1, -0.05) is 0 Å². The molecule has 11 heavy (non-hydrogen) atoms. The fourth-order valence-electron chi connectivity index (χ4n) is 0.416. The zero-order valence-corrected chi connectivity index (χ0v) is 8.21. The van der Waals surface area contributed by atoms with E-state index in [0.717, 1.165) is 0 Å². The summed E-state index contributed by atoms with van der Waals surface area (Å²) in [6.07, 6.45) is -4.63. The van der Waals surface area contributed by atoms with Crippen molar-refractivity contribution in [3.05, 3.63) is 0 Å². The van der Waals surface area contributed by atoms with E-state index in [2.05, 4.69) is 0 Å². The van der Waals surface area contributed by atoms with Crippen LogP contribution in [-0.2, 0) is 4.79 Å². The average molecular weight is 173 g/mol. The van der Waals surface area contributed by atoms with Gasteiger partial charge in [0.15, 0.2) is 6.29 Å². The van der Waals surface area contributed by atoms with Gasteiger partial charge in [0, 0.05) is 29.6 Å². The number of aldehydes is 1. The van der Waals surface area contributed by atoms with Gasteiger partial charge >= 0.3 is 0 Å². The van der Waals surface area contributed by atoms with Crippen molar-refractivity contribution in [3.63, 3.8) is 0 Å². The Morgan fingerprint density at radius 2 is 1.73 bits per heavy atom. The van der Waals surface area contributed by atoms with Gasteiger partial charge in [-0.25, -0.2) is 0 Å². The predicted octanol–water partition coefficient (Wildman–Crippen LogP) is -3.12. The van der Waals surface area contributed by atoms with Crippen molar-refractivity contribution >= 4 is 35.8 Å². The molecule has 0 bridgehead atoms. The Kier molecular flexibility index (Phi) is 9.17. The van der Waals surface area contributed by atoms with Gasteiger partial charge in [0.1, 0.15) is 18.3 Å². The Morgan fingerprint density at radius 1 is 1.27 bits per heavy atom. The number of hydrogen-bond donors (Lipinski definition) is 4. The van der Waals surface area contributed by atoms with Crippen molar-refractivity contribution < 1.29 is 25.2 Å². The molecule has 1 radical (unpaired) electrons. The molecule has 0 aliphatic heterocycles. The van der Waals surface area contributed by atoms with Crippen LogP contribution in [0, 0.1) is 0 Å². The van der Waals surface area contributed by atoms with Crippen molar-refractivity contribution in [3.8, 4) is 0 Å². The topological polar surface area (TPSA) is 98.0 Å². The molecule has 6 heteroatoms. The fourth-order valence-corrected chi connectivity index (χ4v) is 0.416. The van der Waals surface area contributed by atoms with Gasteiger partial charge in [-0.15, -0.1) is 0 Å². The second-order valence-electron chi connectivity index (χ2n) is 1.87. The van der Waals surface area contributed by atoms with Crippen LogP contribution in [0.2, 0.25) is 0 Å². The molecule has 0 fully saturated rings. The summed E-state index contributed by atoms with van der Waals surface area (Å²) in [7, 11) is 0. The van der Waals surface area contributed by atoms with Gasteiger partial charge in [-0.2, -0.15) is 0 Å². The predicted molar refractivity (Wildman–Crippen MR) is 36.9 cm³/mol. The molecule has 3 atom stereocenters. The van der Waals surface area contributed by atoms with E-state index in [0.29, 0.717) is 0 Å². The number of aliphatic hydroxyl groups excluding tert-OH is 4. The number of carbonyl (C=O) groups excluding carboxylic acids is 1. The number of rotatable bonds is 4. The summed E-state index contributed by atoms with van der Waals surface area (Å²) in [5.74, 6) is 0. The minimum Gasteiger partial charge on any atom is -0.394 e. The first kappa shape index (κ1) is 14.1. The summed E-state index contributed by atoms with van der Waals surface area (Å²) in [6.45, 7) is -0.688. The molecule has 0 aliphatic rings. The Morgan fingerprint density at radius 3 is 2.00 bits per heavy atom. The normalized spacial score (nSPS) is 17.8. The molecule has 0 aliphatic carbocycles. The summed E-state index contributed by atoms with van der Waals surface area (Å²) in [5, 5.41) is 34.1. The maximum absolute atomic E-state index is 9.76. The van der Waals surface area contributed by atoms with Gasteiger partial charge in [-0.3, -0.25) is 0 Å². The molecule has 0 saturated carbocycles. The Labute approximate surface area is 86.0 Å². The van der Waals surface area contributed by atoms with Gasteiger partial charge in [0.2, 0.25) is 0 Å². The van der Waals surface area contributed by atoms with Crippen molar-refractivity contribution in [1.29, 1.82) is 0 Å². The van der Waals surface area contributed by atoms with Crippen LogP contribution in [0.25, 0.3) is 0 Å². The zero-order valence-electron chi connectivity index (χ0n) is 6.21. The summed E-state index contributed by atoms with van der Waals surface area (Å²) in [4.78, 5) is 9.76. The minimum absolute atomic E-state index is 0. The van der Waals surface area contributed by atoms with Crippen LogP contribution < -0.4 is 0 Å². The second kappa shape index (κ2) is 7.17. The third-order valence-electron chi connectivity index (χ3n) is 1.07. The molecule has 4 N–H and O–H groups in total. The molecule has 5 nitrogen and oxygen atoms in total. The summed E-state index contributed by atoms with van der Waals surface area (Å²) >= 11 is 0. The molecule has 0 aromatic carbocycles. The van der Waals surface area contributed by atoms with Crippen LogP contribution in [-0.4, -0.2) is 81.2 Å². The Hall–Kier alpha value is 0.510. The second-order valence-corrected chi connectivity index (χ2v) is 1.87. The monoisotopic (exact) mass is 173 g/mol.